The third-order valence-corrected chi connectivity index (χ3v) is 5.19. The quantitative estimate of drug-likeness (QED) is 0.793. The number of nitrogens with one attached hydrogen (secondary N) is 1. The maximum atomic E-state index is 12.2. The standard InChI is InChI=1S/C19H25NO2S/c1-14-13-16(15(2)20-23(21)19(3,4)5)11-12-18(14)22-17-9-7-6-8-10-17/h6-13,15,20H,1-5H3/t15-,23+/m0/s1. The Morgan fingerprint density at radius 1 is 1.09 bits per heavy atom. The van der Waals surface area contributed by atoms with Crippen LogP contribution in [0.4, 0.5) is 0 Å². The van der Waals surface area contributed by atoms with E-state index in [4.69, 9.17) is 4.74 Å². The molecule has 2 aromatic carbocycles. The molecule has 3 nitrogen and oxygen atoms in total. The summed E-state index contributed by atoms with van der Waals surface area (Å²) in [5.41, 5.74) is 2.15. The molecule has 0 aliphatic carbocycles. The van der Waals surface area contributed by atoms with Crippen LogP contribution in [0.2, 0.25) is 0 Å². The van der Waals surface area contributed by atoms with Crippen molar-refractivity contribution in [3.8, 4) is 11.5 Å². The molecule has 2 atom stereocenters. The topological polar surface area (TPSA) is 44.3 Å². The van der Waals surface area contributed by atoms with Gasteiger partial charge in [-0.1, -0.05) is 30.3 Å². The monoisotopic (exact) mass is 331 g/mol. The molecule has 124 valence electrons. The number of benzene rings is 2. The highest BCUT2D eigenvalue weighted by Crippen LogP contribution is 2.28. The largest absolute Gasteiger partial charge is 0.598 e. The molecule has 0 aromatic heterocycles. The normalized spacial score (nSPS) is 14.3. The molecule has 0 aliphatic heterocycles. The second kappa shape index (κ2) is 7.39. The molecule has 0 unspecified atom stereocenters. The van der Waals surface area contributed by atoms with Crippen molar-refractivity contribution in [2.75, 3.05) is 0 Å². The third kappa shape index (κ3) is 4.99. The Morgan fingerprint density at radius 3 is 2.30 bits per heavy atom. The van der Waals surface area contributed by atoms with E-state index in [1.54, 1.807) is 0 Å². The predicted molar refractivity (Wildman–Crippen MR) is 97.1 cm³/mol. The van der Waals surface area contributed by atoms with Crippen LogP contribution in [0, 0.1) is 6.92 Å². The van der Waals surface area contributed by atoms with Gasteiger partial charge in [-0.3, -0.25) is 0 Å². The Kier molecular flexibility index (Phi) is 5.74. The van der Waals surface area contributed by atoms with E-state index in [0.717, 1.165) is 22.6 Å². The number of hydrogen-bond acceptors (Lipinski definition) is 3. The molecule has 0 fully saturated rings. The second-order valence-corrected chi connectivity index (χ2v) is 8.66. The van der Waals surface area contributed by atoms with Crippen molar-refractivity contribution in [1.82, 2.24) is 4.72 Å². The highest BCUT2D eigenvalue weighted by atomic mass is 32.2. The Labute approximate surface area is 142 Å². The summed E-state index contributed by atoms with van der Waals surface area (Å²) in [4.78, 5) is 0. The van der Waals surface area contributed by atoms with Gasteiger partial charge in [0.15, 0.2) is 0 Å². The van der Waals surface area contributed by atoms with Crippen LogP contribution in [0.5, 0.6) is 11.5 Å². The fourth-order valence-electron chi connectivity index (χ4n) is 2.08. The van der Waals surface area contributed by atoms with Gasteiger partial charge in [-0.2, -0.15) is 0 Å². The van der Waals surface area contributed by atoms with E-state index in [-0.39, 0.29) is 10.8 Å². The summed E-state index contributed by atoms with van der Waals surface area (Å²) in [5.74, 6) is 1.66. The van der Waals surface area contributed by atoms with E-state index in [1.807, 2.05) is 77.1 Å². The lowest BCUT2D eigenvalue weighted by Crippen LogP contribution is -2.40. The second-order valence-electron chi connectivity index (χ2n) is 6.66. The molecule has 0 saturated heterocycles. The zero-order valence-electron chi connectivity index (χ0n) is 14.4. The van der Waals surface area contributed by atoms with Crippen LogP contribution < -0.4 is 9.46 Å². The molecule has 0 spiro atoms. The van der Waals surface area contributed by atoms with Crippen molar-refractivity contribution in [3.63, 3.8) is 0 Å². The molecule has 1 N–H and O–H groups in total. The highest BCUT2D eigenvalue weighted by molar-refractivity contribution is 7.90. The van der Waals surface area contributed by atoms with Crippen LogP contribution in [0.1, 0.15) is 44.9 Å². The molecule has 4 heteroatoms. The van der Waals surface area contributed by atoms with Crippen LogP contribution in [0.15, 0.2) is 48.5 Å². The Hall–Kier alpha value is -1.49. The molecule has 0 bridgehead atoms. The summed E-state index contributed by atoms with van der Waals surface area (Å²) in [6.45, 7) is 9.94. The molecular formula is C19H25NO2S. The SMILES string of the molecule is Cc1cc([C@H](C)N[S@+]([O-])C(C)(C)C)ccc1Oc1ccccc1. The average Bonchev–Trinajstić information content (AvgIpc) is 2.49. The van der Waals surface area contributed by atoms with Crippen LogP contribution in [-0.2, 0) is 11.4 Å². The van der Waals surface area contributed by atoms with Gasteiger partial charge in [0.1, 0.15) is 16.2 Å². The average molecular weight is 331 g/mol. The first-order valence-corrected chi connectivity index (χ1v) is 8.94. The van der Waals surface area contributed by atoms with Crippen molar-refractivity contribution in [2.24, 2.45) is 0 Å². The Balaban J connectivity index is 2.09. The van der Waals surface area contributed by atoms with Gasteiger partial charge in [-0.05, 0) is 63.9 Å². The molecule has 2 rings (SSSR count). The fourth-order valence-corrected chi connectivity index (χ4v) is 2.89. The van der Waals surface area contributed by atoms with Crippen molar-refractivity contribution in [1.29, 1.82) is 0 Å². The lowest BCUT2D eigenvalue weighted by atomic mass is 10.1. The van der Waals surface area contributed by atoms with E-state index >= 15 is 0 Å². The number of ether oxygens (including phenoxy) is 1. The summed E-state index contributed by atoms with van der Waals surface area (Å²) < 4.78 is 21.0. The summed E-state index contributed by atoms with van der Waals surface area (Å²) in [6.07, 6.45) is 0. The van der Waals surface area contributed by atoms with Crippen LogP contribution in [0.25, 0.3) is 0 Å². The molecule has 0 radical (unpaired) electrons. The number of aryl methyl sites for hydroxylation is 1. The van der Waals surface area contributed by atoms with Crippen molar-refractivity contribution >= 4 is 11.4 Å². The van der Waals surface area contributed by atoms with E-state index in [2.05, 4.69) is 10.8 Å². The maximum absolute atomic E-state index is 12.2. The minimum absolute atomic E-state index is 0.0135. The summed E-state index contributed by atoms with van der Waals surface area (Å²) in [5, 5.41) is 0. The summed E-state index contributed by atoms with van der Waals surface area (Å²) in [6, 6.07) is 15.8. The minimum atomic E-state index is -1.09. The van der Waals surface area contributed by atoms with Gasteiger partial charge < -0.3 is 9.29 Å². The first kappa shape index (κ1) is 17.9. The highest BCUT2D eigenvalue weighted by Gasteiger charge is 2.28. The molecule has 0 aliphatic rings. The maximum Gasteiger partial charge on any atom is 0.136 e. The van der Waals surface area contributed by atoms with Crippen molar-refractivity contribution in [3.05, 3.63) is 59.7 Å². The Morgan fingerprint density at radius 2 is 1.74 bits per heavy atom. The summed E-state index contributed by atoms with van der Waals surface area (Å²) >= 11 is -1.09. The Bertz CT molecular complexity index is 638. The van der Waals surface area contributed by atoms with Gasteiger partial charge in [0.05, 0.1) is 6.04 Å². The van der Waals surface area contributed by atoms with Crippen LogP contribution in [0.3, 0.4) is 0 Å². The van der Waals surface area contributed by atoms with Gasteiger partial charge >= 0.3 is 0 Å². The molecule has 0 amide bonds. The van der Waals surface area contributed by atoms with Crippen LogP contribution >= 0.6 is 0 Å². The van der Waals surface area contributed by atoms with Gasteiger partial charge in [0.2, 0.25) is 0 Å². The van der Waals surface area contributed by atoms with Crippen molar-refractivity contribution < 1.29 is 9.29 Å². The van der Waals surface area contributed by atoms with Crippen molar-refractivity contribution in [2.45, 2.75) is 45.4 Å². The smallest absolute Gasteiger partial charge is 0.136 e. The van der Waals surface area contributed by atoms with E-state index in [0.29, 0.717) is 0 Å². The van der Waals surface area contributed by atoms with E-state index in [9.17, 15) is 4.55 Å². The zero-order chi connectivity index (χ0) is 17.0. The van der Waals surface area contributed by atoms with Crippen LogP contribution in [-0.4, -0.2) is 9.30 Å². The number of hydrogen-bond donors (Lipinski definition) is 1. The van der Waals surface area contributed by atoms with Gasteiger partial charge in [-0.25, -0.2) is 0 Å². The molecule has 0 saturated carbocycles. The van der Waals surface area contributed by atoms with Gasteiger partial charge in [0.25, 0.3) is 0 Å². The first-order valence-electron chi connectivity index (χ1n) is 7.79. The number of rotatable bonds is 5. The zero-order valence-corrected chi connectivity index (χ0v) is 15.2. The van der Waals surface area contributed by atoms with E-state index in [1.165, 1.54) is 0 Å². The third-order valence-electron chi connectivity index (χ3n) is 3.51. The molecular weight excluding hydrogens is 306 g/mol. The first-order chi connectivity index (χ1) is 10.8. The van der Waals surface area contributed by atoms with Gasteiger partial charge in [-0.15, -0.1) is 4.72 Å². The molecule has 0 heterocycles. The summed E-state index contributed by atoms with van der Waals surface area (Å²) in [7, 11) is 0. The molecule has 2 aromatic rings. The predicted octanol–water partition coefficient (Wildman–Crippen LogP) is 4.90. The number of para-hydroxylation sites is 1. The molecule has 23 heavy (non-hydrogen) atoms. The fraction of sp³-hybridized carbons (Fsp3) is 0.368. The van der Waals surface area contributed by atoms with E-state index < -0.39 is 11.4 Å². The van der Waals surface area contributed by atoms with Gasteiger partial charge in [0, 0.05) is 11.4 Å². The minimum Gasteiger partial charge on any atom is -0.598 e. The lowest BCUT2D eigenvalue weighted by Gasteiger charge is -2.26. The lowest BCUT2D eigenvalue weighted by molar-refractivity contribution is 0.478.